The van der Waals surface area contributed by atoms with Crippen LogP contribution in [0.1, 0.15) is 12.2 Å². The van der Waals surface area contributed by atoms with Crippen LogP contribution in [0.4, 0.5) is 5.69 Å². The zero-order valence-electron chi connectivity index (χ0n) is 15.7. The van der Waals surface area contributed by atoms with Crippen molar-refractivity contribution in [1.82, 2.24) is 9.55 Å². The Morgan fingerprint density at radius 1 is 1.07 bits per heavy atom. The summed E-state index contributed by atoms with van der Waals surface area (Å²) in [7, 11) is -0.806. The van der Waals surface area contributed by atoms with Crippen LogP contribution in [0.2, 0.25) is 0 Å². The summed E-state index contributed by atoms with van der Waals surface area (Å²) in [5.41, 5.74) is 2.41. The minimum atomic E-state index is -3.78. The zero-order valence-corrected chi connectivity index (χ0v) is 16.5. The summed E-state index contributed by atoms with van der Waals surface area (Å²) >= 11 is 0. The van der Waals surface area contributed by atoms with Crippen LogP contribution < -0.4 is 14.2 Å². The van der Waals surface area contributed by atoms with Crippen molar-refractivity contribution < 1.29 is 17.9 Å². The number of methoxy groups -OCH3 is 2. The largest absolute Gasteiger partial charge is 0.493 e. The van der Waals surface area contributed by atoms with Gasteiger partial charge in [0.25, 0.3) is 10.0 Å². The van der Waals surface area contributed by atoms with Gasteiger partial charge in [0.15, 0.2) is 11.5 Å². The number of nitrogens with one attached hydrogen (secondary N) is 1. The lowest BCUT2D eigenvalue weighted by Gasteiger charge is -2.12. The van der Waals surface area contributed by atoms with E-state index in [0.29, 0.717) is 17.2 Å². The maximum atomic E-state index is 12.8. The van der Waals surface area contributed by atoms with Crippen molar-refractivity contribution in [2.45, 2.75) is 24.3 Å². The van der Waals surface area contributed by atoms with Gasteiger partial charge in [0.1, 0.15) is 5.82 Å². The Kier molecular flexibility index (Phi) is 4.72. The van der Waals surface area contributed by atoms with Crippen LogP contribution in [0.25, 0.3) is 11.3 Å². The number of imidazole rings is 1. The van der Waals surface area contributed by atoms with Crippen LogP contribution in [-0.2, 0) is 23.0 Å². The minimum absolute atomic E-state index is 0.0980. The van der Waals surface area contributed by atoms with Gasteiger partial charge in [0.05, 0.1) is 31.0 Å². The number of sulfonamides is 1. The van der Waals surface area contributed by atoms with Crippen molar-refractivity contribution in [3.63, 3.8) is 0 Å². The number of nitrogens with zero attached hydrogens (tertiary/aromatic N) is 2. The highest BCUT2D eigenvalue weighted by atomic mass is 32.2. The number of rotatable bonds is 6. The molecule has 3 aromatic rings. The Labute approximate surface area is 164 Å². The van der Waals surface area contributed by atoms with Gasteiger partial charge in [-0.2, -0.15) is 0 Å². The standard InChI is InChI=1S/C20H21N3O4S/c1-26-18-9-8-16(12-19(18)27-2)28(24,25)22-15-6-3-5-14(11-15)17-13-21-20-7-4-10-23(17)20/h3,5-6,8-9,11-13,22H,4,7,10H2,1-2H3. The monoisotopic (exact) mass is 399 g/mol. The molecule has 2 aromatic carbocycles. The molecule has 1 N–H and O–H groups in total. The molecule has 0 atom stereocenters. The quantitative estimate of drug-likeness (QED) is 0.688. The smallest absolute Gasteiger partial charge is 0.262 e. The summed E-state index contributed by atoms with van der Waals surface area (Å²) in [6.45, 7) is 0.937. The van der Waals surface area contributed by atoms with E-state index in [1.165, 1.54) is 26.4 Å². The third kappa shape index (κ3) is 3.31. The first-order chi connectivity index (χ1) is 13.5. The fourth-order valence-corrected chi connectivity index (χ4v) is 4.49. The summed E-state index contributed by atoms with van der Waals surface area (Å²) in [5, 5.41) is 0. The Morgan fingerprint density at radius 2 is 1.89 bits per heavy atom. The van der Waals surface area contributed by atoms with Gasteiger partial charge in [-0.05, 0) is 30.7 Å². The summed E-state index contributed by atoms with van der Waals surface area (Å²) < 4.78 is 40.9. The maximum absolute atomic E-state index is 12.8. The van der Waals surface area contributed by atoms with E-state index in [9.17, 15) is 8.42 Å². The molecule has 28 heavy (non-hydrogen) atoms. The number of aryl methyl sites for hydroxylation is 1. The van der Waals surface area contributed by atoms with Crippen molar-refractivity contribution in [2.24, 2.45) is 0 Å². The lowest BCUT2D eigenvalue weighted by atomic mass is 10.1. The van der Waals surface area contributed by atoms with Crippen molar-refractivity contribution in [3.8, 4) is 22.8 Å². The predicted octanol–water partition coefficient (Wildman–Crippen LogP) is 3.31. The van der Waals surface area contributed by atoms with Crippen LogP contribution in [0, 0.1) is 0 Å². The van der Waals surface area contributed by atoms with Crippen LogP contribution >= 0.6 is 0 Å². The van der Waals surface area contributed by atoms with Gasteiger partial charge in [-0.15, -0.1) is 0 Å². The molecule has 146 valence electrons. The van der Waals surface area contributed by atoms with E-state index in [1.54, 1.807) is 12.1 Å². The molecule has 4 rings (SSSR count). The molecule has 0 aliphatic carbocycles. The highest BCUT2D eigenvalue weighted by Crippen LogP contribution is 2.31. The zero-order chi connectivity index (χ0) is 19.7. The molecule has 0 fully saturated rings. The van der Waals surface area contributed by atoms with Crippen molar-refractivity contribution in [3.05, 3.63) is 54.5 Å². The highest BCUT2D eigenvalue weighted by Gasteiger charge is 2.19. The van der Waals surface area contributed by atoms with Gasteiger partial charge in [-0.3, -0.25) is 4.72 Å². The first-order valence-electron chi connectivity index (χ1n) is 8.91. The number of aromatic nitrogens is 2. The maximum Gasteiger partial charge on any atom is 0.262 e. The number of ether oxygens (including phenoxy) is 2. The van der Waals surface area contributed by atoms with E-state index in [4.69, 9.17) is 9.47 Å². The van der Waals surface area contributed by atoms with Gasteiger partial charge in [0.2, 0.25) is 0 Å². The molecule has 2 heterocycles. The minimum Gasteiger partial charge on any atom is -0.493 e. The summed E-state index contributed by atoms with van der Waals surface area (Å²) in [6.07, 6.45) is 3.91. The van der Waals surface area contributed by atoms with Gasteiger partial charge < -0.3 is 14.0 Å². The van der Waals surface area contributed by atoms with Gasteiger partial charge in [-0.25, -0.2) is 13.4 Å². The number of anilines is 1. The lowest BCUT2D eigenvalue weighted by Crippen LogP contribution is -2.13. The molecule has 0 radical (unpaired) electrons. The number of hydrogen-bond acceptors (Lipinski definition) is 5. The first kappa shape index (κ1) is 18.4. The molecule has 1 aromatic heterocycles. The molecule has 0 spiro atoms. The van der Waals surface area contributed by atoms with Crippen molar-refractivity contribution in [2.75, 3.05) is 18.9 Å². The number of benzene rings is 2. The lowest BCUT2D eigenvalue weighted by molar-refractivity contribution is 0.354. The van der Waals surface area contributed by atoms with Crippen LogP contribution in [-0.4, -0.2) is 32.2 Å². The van der Waals surface area contributed by atoms with E-state index < -0.39 is 10.0 Å². The third-order valence-corrected chi connectivity index (χ3v) is 6.18. The predicted molar refractivity (Wildman–Crippen MR) is 106 cm³/mol. The van der Waals surface area contributed by atoms with E-state index >= 15 is 0 Å². The summed E-state index contributed by atoms with van der Waals surface area (Å²) in [4.78, 5) is 4.56. The summed E-state index contributed by atoms with van der Waals surface area (Å²) in [5.74, 6) is 1.90. The number of fused-ring (bicyclic) bond motifs is 1. The normalized spacial score (nSPS) is 13.2. The Hall–Kier alpha value is -3.00. The van der Waals surface area contributed by atoms with E-state index in [1.807, 2.05) is 24.4 Å². The topological polar surface area (TPSA) is 82.5 Å². The van der Waals surface area contributed by atoms with E-state index in [0.717, 1.165) is 36.5 Å². The molecule has 0 saturated carbocycles. The third-order valence-electron chi connectivity index (χ3n) is 4.80. The second-order valence-corrected chi connectivity index (χ2v) is 8.20. The molecule has 0 saturated heterocycles. The van der Waals surface area contributed by atoms with Gasteiger partial charge in [-0.1, -0.05) is 12.1 Å². The average molecular weight is 399 g/mol. The fraction of sp³-hybridized carbons (Fsp3) is 0.250. The molecule has 1 aliphatic heterocycles. The molecule has 7 nitrogen and oxygen atoms in total. The number of hydrogen-bond donors (Lipinski definition) is 1. The highest BCUT2D eigenvalue weighted by molar-refractivity contribution is 7.92. The van der Waals surface area contributed by atoms with Crippen LogP contribution in [0.15, 0.2) is 53.6 Å². The van der Waals surface area contributed by atoms with Gasteiger partial charge >= 0.3 is 0 Å². The average Bonchev–Trinajstić information content (AvgIpc) is 3.31. The Balaban J connectivity index is 1.64. The first-order valence-corrected chi connectivity index (χ1v) is 10.4. The fourth-order valence-electron chi connectivity index (χ4n) is 3.43. The van der Waals surface area contributed by atoms with Crippen LogP contribution in [0.3, 0.4) is 0 Å². The Morgan fingerprint density at radius 3 is 2.68 bits per heavy atom. The van der Waals surface area contributed by atoms with Gasteiger partial charge in [0, 0.05) is 30.3 Å². The second-order valence-electron chi connectivity index (χ2n) is 6.52. The molecule has 1 aliphatic rings. The molecular weight excluding hydrogens is 378 g/mol. The van der Waals surface area contributed by atoms with Crippen molar-refractivity contribution >= 4 is 15.7 Å². The summed E-state index contributed by atoms with van der Waals surface area (Å²) in [6, 6.07) is 11.8. The van der Waals surface area contributed by atoms with E-state index in [-0.39, 0.29) is 4.90 Å². The van der Waals surface area contributed by atoms with Crippen molar-refractivity contribution in [1.29, 1.82) is 0 Å². The van der Waals surface area contributed by atoms with E-state index in [2.05, 4.69) is 14.3 Å². The molecule has 0 bridgehead atoms. The van der Waals surface area contributed by atoms with Crippen LogP contribution in [0.5, 0.6) is 11.5 Å². The molecule has 0 amide bonds. The SMILES string of the molecule is COc1ccc(S(=O)(=O)Nc2cccc(-c3cnc4n3CCC4)c2)cc1OC. The second kappa shape index (κ2) is 7.20. The Bertz CT molecular complexity index is 1120. The molecular formula is C20H21N3O4S. The molecule has 8 heteroatoms. The molecule has 0 unspecified atom stereocenters.